The number of rotatable bonds is 9. The quantitative estimate of drug-likeness (QED) is 0.733. The summed E-state index contributed by atoms with van der Waals surface area (Å²) in [6.45, 7) is 11.7. The van der Waals surface area contributed by atoms with Gasteiger partial charge in [-0.2, -0.15) is 0 Å². The van der Waals surface area contributed by atoms with E-state index in [9.17, 15) is 4.79 Å². The smallest absolute Gasteiger partial charge is 0.254 e. The molecule has 1 aromatic heterocycles. The Hall–Kier alpha value is -1.33. The van der Waals surface area contributed by atoms with Gasteiger partial charge in [-0.25, -0.2) is 0 Å². The third-order valence-corrected chi connectivity index (χ3v) is 3.69. The summed E-state index contributed by atoms with van der Waals surface area (Å²) in [5.41, 5.74) is 6.02. The van der Waals surface area contributed by atoms with E-state index >= 15 is 0 Å². The summed E-state index contributed by atoms with van der Waals surface area (Å²) in [7, 11) is 0. The molecule has 1 unspecified atom stereocenters. The summed E-state index contributed by atoms with van der Waals surface area (Å²) in [5, 5.41) is 3.01. The van der Waals surface area contributed by atoms with Gasteiger partial charge in [-0.05, 0) is 31.5 Å². The number of nitrogens with one attached hydrogen (secondary N) is 1. The zero-order chi connectivity index (χ0) is 15.8. The van der Waals surface area contributed by atoms with Crippen LogP contribution in [-0.4, -0.2) is 36.5 Å². The number of hydrogen-bond donors (Lipinski definition) is 2. The van der Waals surface area contributed by atoms with E-state index < -0.39 is 0 Å². The molecule has 3 N–H and O–H groups in total. The summed E-state index contributed by atoms with van der Waals surface area (Å²) in [4.78, 5) is 14.5. The topological polar surface area (TPSA) is 71.5 Å². The second-order valence-electron chi connectivity index (χ2n) is 5.72. The van der Waals surface area contributed by atoms with Crippen LogP contribution in [0.1, 0.15) is 50.2 Å². The fourth-order valence-corrected chi connectivity index (χ4v) is 2.56. The number of nitrogens with two attached hydrogens (primary N) is 1. The lowest BCUT2D eigenvalue weighted by Crippen LogP contribution is -2.44. The first-order chi connectivity index (χ1) is 10.0. The normalized spacial score (nSPS) is 12.9. The Morgan fingerprint density at radius 2 is 2.05 bits per heavy atom. The molecule has 1 atom stereocenters. The molecule has 5 heteroatoms. The number of carbonyl (C=O) groups is 1. The van der Waals surface area contributed by atoms with E-state index in [1.54, 1.807) is 6.07 Å². The van der Waals surface area contributed by atoms with Crippen LogP contribution >= 0.6 is 0 Å². The molecule has 1 amide bonds. The van der Waals surface area contributed by atoms with E-state index in [1.165, 1.54) is 6.26 Å². The molecular weight excluding hydrogens is 266 g/mol. The standard InChI is InChI=1S/C16H29N3O2/c1-5-19(6-2)14(7-12(3)4)10-18-16(20)13-8-15(9-17)21-11-13/h8,11-12,14H,5-7,9-10,17H2,1-4H3,(H,18,20). The molecule has 0 aromatic carbocycles. The highest BCUT2D eigenvalue weighted by atomic mass is 16.3. The van der Waals surface area contributed by atoms with Crippen molar-refractivity contribution in [1.29, 1.82) is 0 Å². The molecule has 0 fully saturated rings. The molecule has 1 aromatic rings. The third kappa shape index (κ3) is 5.52. The predicted octanol–water partition coefficient (Wildman–Crippen LogP) is 2.22. The van der Waals surface area contributed by atoms with Crippen LogP contribution in [0.4, 0.5) is 0 Å². The lowest BCUT2D eigenvalue weighted by atomic mass is 10.0. The summed E-state index contributed by atoms with van der Waals surface area (Å²) in [5.74, 6) is 1.13. The highest BCUT2D eigenvalue weighted by molar-refractivity contribution is 5.93. The zero-order valence-electron chi connectivity index (χ0n) is 13.7. The molecule has 0 spiro atoms. The van der Waals surface area contributed by atoms with E-state index in [2.05, 4.69) is 37.9 Å². The van der Waals surface area contributed by atoms with E-state index in [0.717, 1.165) is 19.5 Å². The van der Waals surface area contributed by atoms with Crippen molar-refractivity contribution in [2.75, 3.05) is 19.6 Å². The largest absolute Gasteiger partial charge is 0.467 e. The molecule has 120 valence electrons. The number of hydrogen-bond acceptors (Lipinski definition) is 4. The van der Waals surface area contributed by atoms with Crippen LogP contribution in [0.3, 0.4) is 0 Å². The van der Waals surface area contributed by atoms with Gasteiger partial charge >= 0.3 is 0 Å². The van der Waals surface area contributed by atoms with E-state index in [0.29, 0.717) is 36.4 Å². The Balaban J connectivity index is 2.60. The highest BCUT2D eigenvalue weighted by Crippen LogP contribution is 2.12. The van der Waals surface area contributed by atoms with Crippen LogP contribution < -0.4 is 11.1 Å². The SMILES string of the molecule is CCN(CC)C(CNC(=O)c1coc(CN)c1)CC(C)C. The lowest BCUT2D eigenvalue weighted by Gasteiger charge is -2.31. The van der Waals surface area contributed by atoms with Gasteiger partial charge in [0.25, 0.3) is 5.91 Å². The Kier molecular flexibility index (Phi) is 7.47. The Bertz CT molecular complexity index is 425. The van der Waals surface area contributed by atoms with Crippen molar-refractivity contribution >= 4 is 5.91 Å². The van der Waals surface area contributed by atoms with Gasteiger partial charge in [0.05, 0.1) is 12.1 Å². The predicted molar refractivity (Wildman–Crippen MR) is 85.1 cm³/mol. The summed E-state index contributed by atoms with van der Waals surface area (Å²) >= 11 is 0. The number of likely N-dealkylation sites (N-methyl/N-ethyl adjacent to an activating group) is 1. The minimum atomic E-state index is -0.0978. The van der Waals surface area contributed by atoms with Gasteiger partial charge in [-0.1, -0.05) is 27.7 Å². The molecular formula is C16H29N3O2. The van der Waals surface area contributed by atoms with E-state index in [4.69, 9.17) is 10.2 Å². The number of furan rings is 1. The van der Waals surface area contributed by atoms with Crippen molar-refractivity contribution in [3.8, 4) is 0 Å². The maximum absolute atomic E-state index is 12.1. The van der Waals surface area contributed by atoms with Gasteiger partial charge in [0.2, 0.25) is 0 Å². The number of amides is 1. The van der Waals surface area contributed by atoms with Crippen molar-refractivity contribution in [1.82, 2.24) is 10.2 Å². The minimum absolute atomic E-state index is 0.0978. The minimum Gasteiger partial charge on any atom is -0.467 e. The van der Waals surface area contributed by atoms with Gasteiger partial charge in [0.1, 0.15) is 12.0 Å². The van der Waals surface area contributed by atoms with E-state index in [-0.39, 0.29) is 5.91 Å². The molecule has 0 bridgehead atoms. The molecule has 1 heterocycles. The molecule has 0 aliphatic heterocycles. The van der Waals surface area contributed by atoms with Gasteiger partial charge < -0.3 is 15.5 Å². The van der Waals surface area contributed by atoms with Crippen molar-refractivity contribution in [3.63, 3.8) is 0 Å². The van der Waals surface area contributed by atoms with Gasteiger partial charge in [-0.15, -0.1) is 0 Å². The number of nitrogens with zero attached hydrogens (tertiary/aromatic N) is 1. The first-order valence-electron chi connectivity index (χ1n) is 7.81. The van der Waals surface area contributed by atoms with Crippen LogP contribution in [0, 0.1) is 5.92 Å². The zero-order valence-corrected chi connectivity index (χ0v) is 13.7. The Morgan fingerprint density at radius 3 is 2.52 bits per heavy atom. The van der Waals surface area contributed by atoms with Crippen molar-refractivity contribution in [2.45, 2.75) is 46.7 Å². The monoisotopic (exact) mass is 295 g/mol. The van der Waals surface area contributed by atoms with Crippen molar-refractivity contribution < 1.29 is 9.21 Å². The van der Waals surface area contributed by atoms with Crippen LogP contribution in [0.25, 0.3) is 0 Å². The van der Waals surface area contributed by atoms with Crippen molar-refractivity contribution in [2.24, 2.45) is 11.7 Å². The summed E-state index contributed by atoms with van der Waals surface area (Å²) < 4.78 is 5.20. The summed E-state index contributed by atoms with van der Waals surface area (Å²) in [6.07, 6.45) is 2.54. The van der Waals surface area contributed by atoms with E-state index in [1.807, 2.05) is 0 Å². The van der Waals surface area contributed by atoms with Gasteiger partial charge in [-0.3, -0.25) is 9.69 Å². The molecule has 0 saturated heterocycles. The average molecular weight is 295 g/mol. The molecule has 0 aliphatic rings. The second-order valence-corrected chi connectivity index (χ2v) is 5.72. The maximum Gasteiger partial charge on any atom is 0.254 e. The van der Waals surface area contributed by atoms with Gasteiger partial charge in [0.15, 0.2) is 0 Å². The highest BCUT2D eigenvalue weighted by Gasteiger charge is 2.19. The lowest BCUT2D eigenvalue weighted by molar-refractivity contribution is 0.0928. The van der Waals surface area contributed by atoms with Crippen LogP contribution in [0.2, 0.25) is 0 Å². The Morgan fingerprint density at radius 1 is 1.38 bits per heavy atom. The molecule has 0 aliphatic carbocycles. The third-order valence-electron chi connectivity index (χ3n) is 3.69. The van der Waals surface area contributed by atoms with Crippen LogP contribution in [-0.2, 0) is 6.54 Å². The number of carbonyl (C=O) groups excluding carboxylic acids is 1. The molecule has 21 heavy (non-hydrogen) atoms. The van der Waals surface area contributed by atoms with Gasteiger partial charge in [0, 0.05) is 12.6 Å². The molecule has 5 nitrogen and oxygen atoms in total. The first-order valence-corrected chi connectivity index (χ1v) is 7.81. The Labute approximate surface area is 127 Å². The molecule has 0 radical (unpaired) electrons. The first kappa shape index (κ1) is 17.7. The second kappa shape index (κ2) is 8.85. The molecule has 1 rings (SSSR count). The summed E-state index contributed by atoms with van der Waals surface area (Å²) in [6, 6.07) is 2.06. The van der Waals surface area contributed by atoms with Crippen LogP contribution in [0.15, 0.2) is 16.7 Å². The molecule has 0 saturated carbocycles. The van der Waals surface area contributed by atoms with Crippen molar-refractivity contribution in [3.05, 3.63) is 23.7 Å². The maximum atomic E-state index is 12.1. The fourth-order valence-electron chi connectivity index (χ4n) is 2.56. The van der Waals surface area contributed by atoms with Crippen LogP contribution in [0.5, 0.6) is 0 Å². The average Bonchev–Trinajstić information content (AvgIpc) is 2.94. The fraction of sp³-hybridized carbons (Fsp3) is 0.688.